The predicted molar refractivity (Wildman–Crippen MR) is 347 cm³/mol. The molecule has 0 spiro atoms. The third kappa shape index (κ3) is 7.22. The molecule has 0 saturated carbocycles. The van der Waals surface area contributed by atoms with Crippen molar-refractivity contribution in [3.8, 4) is 50.4 Å². The summed E-state index contributed by atoms with van der Waals surface area (Å²) in [6, 6.07) is 104. The molecule has 85 heavy (non-hydrogen) atoms. The molecule has 12 aromatic carbocycles. The molecule has 0 unspecified atom stereocenters. The van der Waals surface area contributed by atoms with Crippen molar-refractivity contribution in [2.75, 3.05) is 4.90 Å². The molecular formula is C75H48N10. The second kappa shape index (κ2) is 18.4. The van der Waals surface area contributed by atoms with Crippen molar-refractivity contribution in [3.05, 3.63) is 291 Å². The molecule has 398 valence electrons. The third-order valence-corrected chi connectivity index (χ3v) is 17.1. The first-order valence-corrected chi connectivity index (χ1v) is 28.7. The topological polar surface area (TPSA) is 69.9 Å². The van der Waals surface area contributed by atoms with Gasteiger partial charge in [-0.1, -0.05) is 146 Å². The first-order valence-electron chi connectivity index (χ1n) is 28.7. The molecular weight excluding hydrogens is 1040 g/mol. The molecule has 0 N–H and O–H groups in total. The van der Waals surface area contributed by atoms with Crippen LogP contribution in [0.2, 0.25) is 0 Å². The second-order valence-corrected chi connectivity index (χ2v) is 21.8. The first kappa shape index (κ1) is 46.9. The fourth-order valence-electron chi connectivity index (χ4n) is 13.1. The van der Waals surface area contributed by atoms with Crippen LogP contribution in [-0.4, -0.2) is 41.9 Å². The van der Waals surface area contributed by atoms with Crippen molar-refractivity contribution in [2.45, 2.75) is 0 Å². The Balaban J connectivity index is 0.681. The van der Waals surface area contributed by atoms with Gasteiger partial charge in [0.05, 0.1) is 66.2 Å². The number of nitrogens with zero attached hydrogens (tertiary/aromatic N) is 10. The number of para-hydroxylation sites is 12. The Bertz CT molecular complexity index is 5060. The highest BCUT2D eigenvalue weighted by Gasteiger charge is 2.21. The van der Waals surface area contributed by atoms with Crippen molar-refractivity contribution >= 4 is 101 Å². The SMILES string of the molecule is c1ccc2c(c1)nc1n(-c3ccc(-c4ccc(N(c5ccc(-c6ccc(-n7c8ccccc8n8c9ccccc9nc78)cc6)cc5)c5ccc(-c6ccc(-n7c8ccccc8n8c9ccccc9nc78)cc6)cc5)cc4)cc3)c3ccccc3n21. The van der Waals surface area contributed by atoms with Gasteiger partial charge in [0.25, 0.3) is 0 Å². The fraction of sp³-hybridized carbons (Fsp3) is 0. The molecule has 6 heterocycles. The largest absolute Gasteiger partial charge is 0.311 e. The van der Waals surface area contributed by atoms with Crippen LogP contribution in [0.1, 0.15) is 0 Å². The monoisotopic (exact) mass is 1090 g/mol. The number of aromatic nitrogens is 9. The van der Waals surface area contributed by atoms with E-state index < -0.39 is 0 Å². The van der Waals surface area contributed by atoms with Gasteiger partial charge in [0.1, 0.15) is 0 Å². The van der Waals surface area contributed by atoms with Gasteiger partial charge in [0.2, 0.25) is 17.3 Å². The van der Waals surface area contributed by atoms with Crippen LogP contribution < -0.4 is 4.90 Å². The Hall–Kier alpha value is -11.8. The van der Waals surface area contributed by atoms with E-state index in [-0.39, 0.29) is 0 Å². The molecule has 0 saturated heterocycles. The van der Waals surface area contributed by atoms with Crippen LogP contribution in [0.4, 0.5) is 17.1 Å². The summed E-state index contributed by atoms with van der Waals surface area (Å²) < 4.78 is 13.6. The number of imidazole rings is 6. The number of hydrogen-bond donors (Lipinski definition) is 0. The predicted octanol–water partition coefficient (Wildman–Crippen LogP) is 18.4. The Kier molecular flexibility index (Phi) is 10.2. The van der Waals surface area contributed by atoms with E-state index in [1.54, 1.807) is 0 Å². The zero-order valence-corrected chi connectivity index (χ0v) is 45.7. The fourth-order valence-corrected chi connectivity index (χ4v) is 13.1. The first-order chi connectivity index (χ1) is 42.1. The molecule has 0 radical (unpaired) electrons. The molecule has 18 aromatic rings. The second-order valence-electron chi connectivity index (χ2n) is 21.8. The molecule has 0 bridgehead atoms. The van der Waals surface area contributed by atoms with Crippen molar-refractivity contribution in [3.63, 3.8) is 0 Å². The lowest BCUT2D eigenvalue weighted by Crippen LogP contribution is -2.09. The van der Waals surface area contributed by atoms with Crippen LogP contribution in [0.25, 0.3) is 134 Å². The highest BCUT2D eigenvalue weighted by atomic mass is 15.2. The summed E-state index contributed by atoms with van der Waals surface area (Å²) in [5, 5.41) is 0. The molecule has 10 nitrogen and oxygen atoms in total. The van der Waals surface area contributed by atoms with Crippen LogP contribution in [0.15, 0.2) is 291 Å². The van der Waals surface area contributed by atoms with Crippen molar-refractivity contribution in [1.82, 2.24) is 41.9 Å². The number of hydrogen-bond acceptors (Lipinski definition) is 4. The quantitative estimate of drug-likeness (QED) is 0.144. The lowest BCUT2D eigenvalue weighted by molar-refractivity contribution is 1.11. The van der Waals surface area contributed by atoms with Crippen LogP contribution in [0.3, 0.4) is 0 Å². The zero-order chi connectivity index (χ0) is 55.7. The molecule has 0 aliphatic carbocycles. The Labute approximate surface area is 486 Å². The van der Waals surface area contributed by atoms with E-state index in [2.05, 4.69) is 305 Å². The maximum atomic E-state index is 5.11. The Morgan fingerprint density at radius 3 is 0.671 bits per heavy atom. The van der Waals surface area contributed by atoms with Gasteiger partial charge in [-0.05, 0) is 179 Å². The van der Waals surface area contributed by atoms with Gasteiger partial charge < -0.3 is 4.90 Å². The van der Waals surface area contributed by atoms with E-state index in [1.165, 1.54) is 0 Å². The van der Waals surface area contributed by atoms with Crippen molar-refractivity contribution in [2.24, 2.45) is 0 Å². The molecule has 0 amide bonds. The molecule has 0 atom stereocenters. The van der Waals surface area contributed by atoms with E-state index in [0.717, 1.165) is 151 Å². The number of anilines is 3. The van der Waals surface area contributed by atoms with Crippen LogP contribution in [0.5, 0.6) is 0 Å². The van der Waals surface area contributed by atoms with Crippen molar-refractivity contribution in [1.29, 1.82) is 0 Å². The van der Waals surface area contributed by atoms with E-state index in [9.17, 15) is 0 Å². The maximum absolute atomic E-state index is 5.11. The standard InChI is InChI=1S/C75H48N10/c1-4-16-64-61(13-1)76-73-80(67-19-7-10-22-70(67)83(64)73)58-43-31-52(32-44-58)49-25-37-55(38-26-49)79(56-39-27-50(28-40-56)53-33-45-59(46-34-53)81-68-20-8-11-23-71(68)84-65-17-5-2-14-62(65)77-74(81)84)57-41-29-51(30-42-57)54-35-47-60(48-36-54)82-69-21-9-12-24-72(69)85-66-18-6-3-15-63(66)78-75(82)85/h1-48H. The highest BCUT2D eigenvalue weighted by Crippen LogP contribution is 2.40. The summed E-state index contributed by atoms with van der Waals surface area (Å²) in [5.74, 6) is 2.70. The summed E-state index contributed by atoms with van der Waals surface area (Å²) >= 11 is 0. The molecule has 0 fully saturated rings. The lowest BCUT2D eigenvalue weighted by atomic mass is 10.0. The molecule has 18 rings (SSSR count). The number of fused-ring (bicyclic) bond motifs is 15. The Morgan fingerprint density at radius 2 is 0.412 bits per heavy atom. The zero-order valence-electron chi connectivity index (χ0n) is 45.7. The van der Waals surface area contributed by atoms with Gasteiger partial charge >= 0.3 is 0 Å². The summed E-state index contributed by atoms with van der Waals surface area (Å²) in [6.07, 6.45) is 0. The van der Waals surface area contributed by atoms with Crippen LogP contribution in [0, 0.1) is 0 Å². The van der Waals surface area contributed by atoms with Gasteiger partial charge in [-0.3, -0.25) is 26.9 Å². The minimum atomic E-state index is 0.899. The number of benzene rings is 12. The summed E-state index contributed by atoms with van der Waals surface area (Å²) in [4.78, 5) is 17.7. The maximum Gasteiger partial charge on any atom is 0.220 e. The van der Waals surface area contributed by atoms with Gasteiger partial charge in [0.15, 0.2) is 0 Å². The van der Waals surface area contributed by atoms with Crippen LogP contribution >= 0.6 is 0 Å². The van der Waals surface area contributed by atoms with E-state index >= 15 is 0 Å². The molecule has 0 aliphatic rings. The van der Waals surface area contributed by atoms with E-state index in [4.69, 9.17) is 15.0 Å². The summed E-state index contributed by atoms with van der Waals surface area (Å²) in [7, 11) is 0. The van der Waals surface area contributed by atoms with Gasteiger partial charge in [-0.25, -0.2) is 15.0 Å². The van der Waals surface area contributed by atoms with Gasteiger partial charge in [-0.15, -0.1) is 0 Å². The average molecular weight is 1090 g/mol. The van der Waals surface area contributed by atoms with Gasteiger partial charge in [-0.2, -0.15) is 0 Å². The van der Waals surface area contributed by atoms with E-state index in [1.807, 2.05) is 18.2 Å². The lowest BCUT2D eigenvalue weighted by Gasteiger charge is -2.26. The Morgan fingerprint density at radius 1 is 0.200 bits per heavy atom. The van der Waals surface area contributed by atoms with Gasteiger partial charge in [0, 0.05) is 34.1 Å². The van der Waals surface area contributed by atoms with E-state index in [0.29, 0.717) is 0 Å². The smallest absolute Gasteiger partial charge is 0.220 e. The normalized spacial score (nSPS) is 12.0. The highest BCUT2D eigenvalue weighted by molar-refractivity contribution is 5.95. The average Bonchev–Trinajstić information content (AvgIpc) is 1.93. The third-order valence-electron chi connectivity index (χ3n) is 17.1. The summed E-state index contributed by atoms with van der Waals surface area (Å²) in [6.45, 7) is 0. The minimum Gasteiger partial charge on any atom is -0.311 e. The summed E-state index contributed by atoms with van der Waals surface area (Å²) in [5.41, 5.74) is 26.1. The van der Waals surface area contributed by atoms with Crippen LogP contribution in [-0.2, 0) is 0 Å². The minimum absolute atomic E-state index is 0.899. The molecule has 6 aromatic heterocycles. The molecule has 0 aliphatic heterocycles. The number of rotatable bonds is 9. The van der Waals surface area contributed by atoms with Crippen molar-refractivity contribution < 1.29 is 0 Å². The molecule has 10 heteroatoms.